The predicted octanol–water partition coefficient (Wildman–Crippen LogP) is 2.43. The molecule has 0 bridgehead atoms. The van der Waals surface area contributed by atoms with Crippen LogP contribution in [-0.2, 0) is 19.9 Å². The van der Waals surface area contributed by atoms with E-state index >= 15 is 0 Å². The molecule has 96 valence electrons. The average molecular weight is 235 g/mol. The Morgan fingerprint density at radius 3 is 2.82 bits per heavy atom. The van der Waals surface area contributed by atoms with Crippen molar-refractivity contribution >= 4 is 0 Å². The third-order valence-corrected chi connectivity index (χ3v) is 4.25. The number of aryl methyl sites for hydroxylation is 2. The van der Waals surface area contributed by atoms with E-state index in [1.807, 2.05) is 11.7 Å². The molecule has 3 nitrogen and oxygen atoms in total. The fourth-order valence-electron chi connectivity index (χ4n) is 3.05. The van der Waals surface area contributed by atoms with Crippen LogP contribution in [0.15, 0.2) is 6.07 Å². The summed E-state index contributed by atoms with van der Waals surface area (Å²) >= 11 is 0. The van der Waals surface area contributed by atoms with Gasteiger partial charge in [0.1, 0.15) is 0 Å². The zero-order valence-corrected chi connectivity index (χ0v) is 11.4. The first-order valence-corrected chi connectivity index (χ1v) is 6.87. The summed E-state index contributed by atoms with van der Waals surface area (Å²) in [4.78, 5) is 0. The Kier molecular flexibility index (Phi) is 3.57. The predicted molar refractivity (Wildman–Crippen MR) is 70.8 cm³/mol. The van der Waals surface area contributed by atoms with Crippen LogP contribution >= 0.6 is 0 Å². The highest BCUT2D eigenvalue weighted by Gasteiger charge is 2.35. The Hall–Kier alpha value is -0.830. The molecule has 2 unspecified atom stereocenters. The van der Waals surface area contributed by atoms with Crippen molar-refractivity contribution < 1.29 is 0 Å². The Morgan fingerprint density at radius 2 is 2.29 bits per heavy atom. The largest absolute Gasteiger partial charge is 0.325 e. The molecule has 0 radical (unpaired) electrons. The van der Waals surface area contributed by atoms with Crippen LogP contribution in [-0.4, -0.2) is 15.3 Å². The Bertz CT molecular complexity index is 383. The lowest BCUT2D eigenvalue weighted by Crippen LogP contribution is -2.39. The minimum absolute atomic E-state index is 0.0134. The van der Waals surface area contributed by atoms with E-state index in [9.17, 15) is 0 Å². The summed E-state index contributed by atoms with van der Waals surface area (Å²) in [5, 5.41) is 4.50. The lowest BCUT2D eigenvalue weighted by molar-refractivity contribution is 0.397. The van der Waals surface area contributed by atoms with E-state index in [0.717, 1.165) is 25.2 Å². The van der Waals surface area contributed by atoms with Crippen molar-refractivity contribution in [1.82, 2.24) is 9.78 Å². The highest BCUT2D eigenvalue weighted by atomic mass is 15.3. The van der Waals surface area contributed by atoms with Gasteiger partial charge >= 0.3 is 0 Å². The molecule has 0 saturated heterocycles. The molecule has 2 N–H and O–H groups in total. The van der Waals surface area contributed by atoms with Crippen LogP contribution in [0.25, 0.3) is 0 Å². The summed E-state index contributed by atoms with van der Waals surface area (Å²) in [5.41, 5.74) is 9.02. The lowest BCUT2D eigenvalue weighted by Gasteiger charge is -2.24. The zero-order valence-electron chi connectivity index (χ0n) is 11.4. The fraction of sp³-hybridized carbons (Fsp3) is 0.786. The number of aromatic nitrogens is 2. The Balaban J connectivity index is 2.07. The van der Waals surface area contributed by atoms with Crippen molar-refractivity contribution in [2.24, 2.45) is 18.7 Å². The van der Waals surface area contributed by atoms with Gasteiger partial charge in [-0.15, -0.1) is 0 Å². The molecule has 0 aromatic carbocycles. The third-order valence-electron chi connectivity index (χ3n) is 4.25. The van der Waals surface area contributed by atoms with Crippen LogP contribution < -0.4 is 5.73 Å². The van der Waals surface area contributed by atoms with Gasteiger partial charge in [-0.25, -0.2) is 0 Å². The number of nitrogens with two attached hydrogens (primary N) is 1. The molecule has 2 atom stereocenters. The van der Waals surface area contributed by atoms with Crippen molar-refractivity contribution in [2.45, 2.75) is 57.9 Å². The molecule has 1 aliphatic rings. The molecule has 1 aromatic heterocycles. The molecule has 1 fully saturated rings. The summed E-state index contributed by atoms with van der Waals surface area (Å²) < 4.78 is 2.01. The molecule has 1 aliphatic carbocycles. The van der Waals surface area contributed by atoms with E-state index < -0.39 is 0 Å². The Morgan fingerprint density at radius 1 is 1.53 bits per heavy atom. The number of nitrogens with zero attached hydrogens (tertiary/aromatic N) is 2. The molecule has 0 amide bonds. The molecule has 3 heteroatoms. The van der Waals surface area contributed by atoms with Crippen molar-refractivity contribution in [3.8, 4) is 0 Å². The SMILES string of the molecule is CCc1cc(CC2(N)CCC(CC)C2)n(C)n1. The fourth-order valence-corrected chi connectivity index (χ4v) is 3.05. The molecule has 1 heterocycles. The van der Waals surface area contributed by atoms with Crippen LogP contribution in [0.1, 0.15) is 50.9 Å². The number of hydrogen-bond donors (Lipinski definition) is 1. The topological polar surface area (TPSA) is 43.8 Å². The van der Waals surface area contributed by atoms with Crippen molar-refractivity contribution in [2.75, 3.05) is 0 Å². The van der Waals surface area contributed by atoms with E-state index in [-0.39, 0.29) is 5.54 Å². The zero-order chi connectivity index (χ0) is 12.5. The highest BCUT2D eigenvalue weighted by molar-refractivity contribution is 5.14. The van der Waals surface area contributed by atoms with E-state index in [0.29, 0.717) is 0 Å². The second-order valence-electron chi connectivity index (χ2n) is 5.66. The van der Waals surface area contributed by atoms with Gasteiger partial charge in [0.05, 0.1) is 5.69 Å². The molecule has 0 aliphatic heterocycles. The van der Waals surface area contributed by atoms with Gasteiger partial charge in [0.25, 0.3) is 0 Å². The molecular weight excluding hydrogens is 210 g/mol. The summed E-state index contributed by atoms with van der Waals surface area (Å²) in [7, 11) is 2.03. The summed E-state index contributed by atoms with van der Waals surface area (Å²) in [6, 6.07) is 2.22. The first kappa shape index (κ1) is 12.6. The second kappa shape index (κ2) is 4.81. The minimum Gasteiger partial charge on any atom is -0.325 e. The van der Waals surface area contributed by atoms with Crippen molar-refractivity contribution in [1.29, 1.82) is 0 Å². The molecule has 1 saturated carbocycles. The monoisotopic (exact) mass is 235 g/mol. The van der Waals surface area contributed by atoms with E-state index in [4.69, 9.17) is 5.73 Å². The molecule has 0 spiro atoms. The van der Waals surface area contributed by atoms with Crippen LogP contribution in [0.5, 0.6) is 0 Å². The summed E-state index contributed by atoms with van der Waals surface area (Å²) in [5.74, 6) is 0.832. The highest BCUT2D eigenvalue weighted by Crippen LogP contribution is 2.36. The van der Waals surface area contributed by atoms with Gasteiger partial charge < -0.3 is 5.73 Å². The standard InChI is InChI=1S/C14H25N3/c1-4-11-6-7-14(15,9-11)10-13-8-12(5-2)16-17(13)3/h8,11H,4-7,9-10,15H2,1-3H3. The first-order valence-electron chi connectivity index (χ1n) is 6.87. The number of hydrogen-bond acceptors (Lipinski definition) is 2. The maximum absolute atomic E-state index is 6.54. The van der Waals surface area contributed by atoms with Crippen molar-refractivity contribution in [3.63, 3.8) is 0 Å². The van der Waals surface area contributed by atoms with Crippen LogP contribution in [0.3, 0.4) is 0 Å². The van der Waals surface area contributed by atoms with Crippen LogP contribution in [0, 0.1) is 5.92 Å². The molecular formula is C14H25N3. The van der Waals surface area contributed by atoms with E-state index in [1.165, 1.54) is 30.7 Å². The van der Waals surface area contributed by atoms with Crippen LogP contribution in [0.4, 0.5) is 0 Å². The maximum Gasteiger partial charge on any atom is 0.0624 e. The molecule has 1 aromatic rings. The Labute approximate surface area is 104 Å². The summed E-state index contributed by atoms with van der Waals surface area (Å²) in [6.07, 6.45) is 6.89. The number of rotatable bonds is 4. The average Bonchev–Trinajstić information content (AvgIpc) is 2.84. The first-order chi connectivity index (χ1) is 8.06. The minimum atomic E-state index is 0.0134. The van der Waals surface area contributed by atoms with Crippen LogP contribution in [0.2, 0.25) is 0 Å². The van der Waals surface area contributed by atoms with Gasteiger partial charge in [-0.05, 0) is 37.7 Å². The quantitative estimate of drug-likeness (QED) is 0.871. The maximum atomic E-state index is 6.54. The normalized spacial score (nSPS) is 28.8. The second-order valence-corrected chi connectivity index (χ2v) is 5.66. The van der Waals surface area contributed by atoms with Gasteiger partial charge in [0.2, 0.25) is 0 Å². The van der Waals surface area contributed by atoms with Gasteiger partial charge in [-0.1, -0.05) is 20.3 Å². The smallest absolute Gasteiger partial charge is 0.0624 e. The van der Waals surface area contributed by atoms with Gasteiger partial charge in [-0.3, -0.25) is 4.68 Å². The lowest BCUT2D eigenvalue weighted by atomic mass is 9.91. The van der Waals surface area contributed by atoms with Crippen molar-refractivity contribution in [3.05, 3.63) is 17.5 Å². The van der Waals surface area contributed by atoms with Gasteiger partial charge in [-0.2, -0.15) is 5.10 Å². The van der Waals surface area contributed by atoms with E-state index in [2.05, 4.69) is 25.0 Å². The van der Waals surface area contributed by atoms with Gasteiger partial charge in [0.15, 0.2) is 0 Å². The molecule has 17 heavy (non-hydrogen) atoms. The third kappa shape index (κ3) is 2.71. The summed E-state index contributed by atoms with van der Waals surface area (Å²) in [6.45, 7) is 4.42. The van der Waals surface area contributed by atoms with Gasteiger partial charge in [0, 0.05) is 24.7 Å². The van der Waals surface area contributed by atoms with E-state index in [1.54, 1.807) is 0 Å². The molecule has 2 rings (SSSR count).